The average molecular weight is 447 g/mol. The number of piperidine rings is 1. The number of carboxylic acids is 1. The summed E-state index contributed by atoms with van der Waals surface area (Å²) in [7, 11) is 5.96. The fourth-order valence-corrected chi connectivity index (χ4v) is 4.56. The fraction of sp³-hybridized carbons (Fsp3) is 0.500. The van der Waals surface area contributed by atoms with Crippen LogP contribution in [0.1, 0.15) is 23.2 Å². The topological polar surface area (TPSA) is 120 Å². The summed E-state index contributed by atoms with van der Waals surface area (Å²) >= 11 is 0. The maximum Gasteiger partial charge on any atom is 0.343 e. The van der Waals surface area contributed by atoms with E-state index < -0.39 is 5.97 Å². The maximum absolute atomic E-state index is 12.1. The standard InChI is InChI=1S/C21H28N4O4.CH2O2/c1-23-12-13-24(2)21(14-23)8-10-25(11-9-21)19-17(20(26)27)18(29-22-19)15-4-6-16(28-3)7-5-15;2-1-3/h4-7H,8-14H2,1-3H3,(H,26,27);1H,(H,2,3). The van der Waals surface area contributed by atoms with Gasteiger partial charge in [0, 0.05) is 43.8 Å². The first-order chi connectivity index (χ1) is 15.3. The van der Waals surface area contributed by atoms with E-state index in [-0.39, 0.29) is 23.3 Å². The number of methoxy groups -OCH3 is 1. The molecule has 1 aromatic carbocycles. The molecule has 2 aliphatic rings. The molecular weight excluding hydrogens is 416 g/mol. The molecule has 2 N–H and O–H groups in total. The van der Waals surface area contributed by atoms with E-state index in [1.807, 2.05) is 4.90 Å². The van der Waals surface area contributed by atoms with E-state index in [4.69, 9.17) is 19.2 Å². The number of piperazine rings is 1. The smallest absolute Gasteiger partial charge is 0.343 e. The normalized spacial score (nSPS) is 18.7. The third kappa shape index (κ3) is 4.71. The van der Waals surface area contributed by atoms with Gasteiger partial charge in [0.1, 0.15) is 5.75 Å². The maximum atomic E-state index is 12.1. The molecule has 0 saturated carbocycles. The molecule has 0 radical (unpaired) electrons. The van der Waals surface area contributed by atoms with Gasteiger partial charge in [0.05, 0.1) is 7.11 Å². The summed E-state index contributed by atoms with van der Waals surface area (Å²) in [5.41, 5.74) is 0.944. The predicted octanol–water partition coefficient (Wildman–Crippen LogP) is 1.97. The van der Waals surface area contributed by atoms with E-state index in [9.17, 15) is 9.90 Å². The Morgan fingerprint density at radius 3 is 2.34 bits per heavy atom. The lowest BCUT2D eigenvalue weighted by molar-refractivity contribution is -0.122. The van der Waals surface area contributed by atoms with E-state index in [1.54, 1.807) is 31.4 Å². The molecule has 0 aliphatic carbocycles. The molecule has 2 saturated heterocycles. The second kappa shape index (κ2) is 10.0. The molecule has 2 aromatic rings. The highest BCUT2D eigenvalue weighted by Crippen LogP contribution is 2.37. The van der Waals surface area contributed by atoms with Gasteiger partial charge in [-0.15, -0.1) is 0 Å². The minimum Gasteiger partial charge on any atom is -0.497 e. The second-order valence-corrected chi connectivity index (χ2v) is 8.22. The van der Waals surface area contributed by atoms with Crippen LogP contribution in [0.4, 0.5) is 5.82 Å². The Hall–Kier alpha value is -3.11. The first-order valence-electron chi connectivity index (χ1n) is 10.4. The monoisotopic (exact) mass is 446 g/mol. The van der Waals surface area contributed by atoms with E-state index in [0.29, 0.717) is 17.1 Å². The van der Waals surface area contributed by atoms with E-state index in [1.165, 1.54) is 0 Å². The number of nitrogens with zero attached hydrogens (tertiary/aromatic N) is 4. The van der Waals surface area contributed by atoms with E-state index in [2.05, 4.69) is 29.1 Å². The Bertz CT molecular complexity index is 921. The molecular formula is C22H30N4O6. The highest BCUT2D eigenvalue weighted by molar-refractivity contribution is 5.99. The summed E-state index contributed by atoms with van der Waals surface area (Å²) in [4.78, 5) is 27.3. The summed E-state index contributed by atoms with van der Waals surface area (Å²) < 4.78 is 10.7. The predicted molar refractivity (Wildman–Crippen MR) is 118 cm³/mol. The van der Waals surface area contributed by atoms with Gasteiger partial charge in [0.25, 0.3) is 6.47 Å². The number of likely N-dealkylation sites (N-methyl/N-ethyl adjacent to an activating group) is 2. The summed E-state index contributed by atoms with van der Waals surface area (Å²) in [5.74, 6) is 0.380. The van der Waals surface area contributed by atoms with Crippen molar-refractivity contribution in [3.8, 4) is 17.1 Å². The Balaban J connectivity index is 0.000000913. The third-order valence-electron chi connectivity index (χ3n) is 6.42. The van der Waals surface area contributed by atoms with Crippen LogP contribution < -0.4 is 9.64 Å². The lowest BCUT2D eigenvalue weighted by Gasteiger charge is -2.52. The Morgan fingerprint density at radius 2 is 1.78 bits per heavy atom. The van der Waals surface area contributed by atoms with Crippen LogP contribution >= 0.6 is 0 Å². The van der Waals surface area contributed by atoms with Crippen molar-refractivity contribution in [3.63, 3.8) is 0 Å². The lowest BCUT2D eigenvalue weighted by atomic mass is 9.83. The van der Waals surface area contributed by atoms with Gasteiger partial charge in [-0.1, -0.05) is 5.16 Å². The van der Waals surface area contributed by atoms with Crippen LogP contribution in [0.5, 0.6) is 5.75 Å². The molecule has 4 rings (SSSR count). The molecule has 10 heteroatoms. The van der Waals surface area contributed by atoms with Crippen LogP contribution in [0.15, 0.2) is 28.8 Å². The average Bonchev–Trinajstić information content (AvgIpc) is 3.23. The number of hydrogen-bond acceptors (Lipinski definition) is 8. The van der Waals surface area contributed by atoms with Crippen LogP contribution in [-0.4, -0.2) is 97.1 Å². The number of carbonyl (C=O) groups is 2. The largest absolute Gasteiger partial charge is 0.497 e. The third-order valence-corrected chi connectivity index (χ3v) is 6.42. The Labute approximate surface area is 186 Å². The number of hydrogen-bond donors (Lipinski definition) is 2. The van der Waals surface area contributed by atoms with Gasteiger partial charge in [0.2, 0.25) is 0 Å². The summed E-state index contributed by atoms with van der Waals surface area (Å²) in [6, 6.07) is 7.13. The molecule has 2 fully saturated rings. The molecule has 3 heterocycles. The van der Waals surface area contributed by atoms with E-state index in [0.717, 1.165) is 45.6 Å². The molecule has 2 aliphatic heterocycles. The van der Waals surface area contributed by atoms with E-state index >= 15 is 0 Å². The van der Waals surface area contributed by atoms with Crippen molar-refractivity contribution in [1.82, 2.24) is 15.0 Å². The summed E-state index contributed by atoms with van der Waals surface area (Å²) in [6.45, 7) is 4.45. The van der Waals surface area contributed by atoms with Gasteiger partial charge >= 0.3 is 5.97 Å². The molecule has 1 spiro atoms. The van der Waals surface area contributed by atoms with Crippen LogP contribution in [0, 0.1) is 0 Å². The zero-order valence-electron chi connectivity index (χ0n) is 18.7. The number of anilines is 1. The molecule has 0 atom stereocenters. The highest BCUT2D eigenvalue weighted by atomic mass is 16.5. The SMILES string of the molecule is COc1ccc(-c2onc(N3CCC4(CC3)CN(C)CCN4C)c2C(=O)O)cc1.O=CO. The van der Waals surface area contributed by atoms with Crippen LogP contribution in [0.25, 0.3) is 11.3 Å². The minimum absolute atomic E-state index is 0.125. The summed E-state index contributed by atoms with van der Waals surface area (Å²) in [5, 5.41) is 20.9. The molecule has 0 bridgehead atoms. The summed E-state index contributed by atoms with van der Waals surface area (Å²) in [6.07, 6.45) is 1.94. The van der Waals surface area contributed by atoms with Gasteiger partial charge in [-0.3, -0.25) is 9.69 Å². The second-order valence-electron chi connectivity index (χ2n) is 8.22. The molecule has 10 nitrogen and oxygen atoms in total. The minimum atomic E-state index is -1.03. The van der Waals surface area contributed by atoms with Crippen molar-refractivity contribution in [2.45, 2.75) is 18.4 Å². The van der Waals surface area contributed by atoms with Crippen LogP contribution in [0.2, 0.25) is 0 Å². The molecule has 0 unspecified atom stereocenters. The van der Waals surface area contributed by atoms with Gasteiger partial charge in [-0.25, -0.2) is 4.79 Å². The van der Waals surface area contributed by atoms with Crippen molar-refractivity contribution in [2.75, 3.05) is 58.8 Å². The highest BCUT2D eigenvalue weighted by Gasteiger charge is 2.42. The number of aromatic nitrogens is 1. The number of carboxylic acid groups (broad SMARTS) is 2. The van der Waals surface area contributed by atoms with Gasteiger partial charge < -0.3 is 29.3 Å². The van der Waals surface area contributed by atoms with Gasteiger partial charge in [0.15, 0.2) is 17.1 Å². The zero-order valence-corrected chi connectivity index (χ0v) is 18.7. The number of ether oxygens (including phenoxy) is 1. The Kier molecular flexibility index (Phi) is 7.37. The first-order valence-corrected chi connectivity index (χ1v) is 10.4. The van der Waals surface area contributed by atoms with Crippen molar-refractivity contribution in [2.24, 2.45) is 0 Å². The van der Waals surface area contributed by atoms with Gasteiger partial charge in [-0.05, 0) is 51.2 Å². The molecule has 0 amide bonds. The van der Waals surface area contributed by atoms with Crippen molar-refractivity contribution in [1.29, 1.82) is 0 Å². The van der Waals surface area contributed by atoms with Crippen LogP contribution in [-0.2, 0) is 4.79 Å². The molecule has 174 valence electrons. The molecule has 32 heavy (non-hydrogen) atoms. The van der Waals surface area contributed by atoms with Crippen molar-refractivity contribution in [3.05, 3.63) is 29.8 Å². The molecule has 1 aromatic heterocycles. The number of rotatable bonds is 4. The first kappa shape index (κ1) is 23.6. The number of benzene rings is 1. The number of aromatic carboxylic acids is 1. The van der Waals surface area contributed by atoms with Gasteiger partial charge in [-0.2, -0.15) is 0 Å². The lowest BCUT2D eigenvalue weighted by Crippen LogP contribution is -2.63. The fourth-order valence-electron chi connectivity index (χ4n) is 4.56. The quantitative estimate of drug-likeness (QED) is 0.675. The van der Waals surface area contributed by atoms with Crippen LogP contribution in [0.3, 0.4) is 0 Å². The van der Waals surface area contributed by atoms with Crippen molar-refractivity contribution < 1.29 is 29.1 Å². The Morgan fingerprint density at radius 1 is 1.16 bits per heavy atom. The zero-order chi connectivity index (χ0) is 23.3. The van der Waals surface area contributed by atoms with Crippen molar-refractivity contribution >= 4 is 18.3 Å².